The van der Waals surface area contributed by atoms with Crippen LogP contribution in [0, 0.1) is 5.92 Å². The first-order chi connectivity index (χ1) is 9.78. The van der Waals surface area contributed by atoms with Crippen LogP contribution in [0.2, 0.25) is 0 Å². The van der Waals surface area contributed by atoms with Crippen LogP contribution in [0.15, 0.2) is 24.3 Å². The number of rotatable bonds is 3. The summed E-state index contributed by atoms with van der Waals surface area (Å²) in [5.41, 5.74) is 0.959. The minimum Gasteiger partial charge on any atom is -0.303 e. The predicted molar refractivity (Wildman–Crippen MR) is 88.5 cm³/mol. The summed E-state index contributed by atoms with van der Waals surface area (Å²) in [7, 11) is 0. The summed E-state index contributed by atoms with van der Waals surface area (Å²) >= 11 is 3.72. The molecule has 0 bridgehead atoms. The van der Waals surface area contributed by atoms with Crippen LogP contribution in [0.5, 0.6) is 0 Å². The average molecular weight is 314 g/mol. The van der Waals surface area contributed by atoms with Gasteiger partial charge >= 0.3 is 0 Å². The fourth-order valence-electron chi connectivity index (χ4n) is 1.53. The second-order valence-electron chi connectivity index (χ2n) is 4.22. The zero-order chi connectivity index (χ0) is 15.1. The van der Waals surface area contributed by atoms with Gasteiger partial charge in [-0.3, -0.25) is 9.59 Å². The third-order valence-corrected chi connectivity index (χ3v) is 4.88. The van der Waals surface area contributed by atoms with E-state index in [2.05, 4.69) is 6.58 Å². The van der Waals surface area contributed by atoms with Gasteiger partial charge in [0.15, 0.2) is 0 Å². The molecular weight excluding hydrogens is 292 g/mol. The number of allylic oxidation sites excluding steroid dienone is 2. The van der Waals surface area contributed by atoms with Crippen molar-refractivity contribution in [2.75, 3.05) is 23.0 Å². The van der Waals surface area contributed by atoms with Crippen LogP contribution in [0.25, 0.3) is 0 Å². The van der Waals surface area contributed by atoms with E-state index in [0.717, 1.165) is 42.5 Å². The Morgan fingerprint density at radius 3 is 2.25 bits per heavy atom. The molecule has 3 nitrogen and oxygen atoms in total. The molecule has 0 saturated carbocycles. The van der Waals surface area contributed by atoms with Crippen molar-refractivity contribution >= 4 is 42.4 Å². The molecule has 5 heteroatoms. The van der Waals surface area contributed by atoms with Crippen molar-refractivity contribution in [3.63, 3.8) is 0 Å². The monoisotopic (exact) mass is 314 g/mol. The number of hydrogen-bond donors (Lipinski definition) is 0. The number of aldehydes is 3. The molecular formula is C15H22O3S2. The first-order valence-electron chi connectivity index (χ1n) is 6.59. The highest BCUT2D eigenvalue weighted by molar-refractivity contribution is 7.99. The molecule has 0 aromatic heterocycles. The van der Waals surface area contributed by atoms with Gasteiger partial charge in [0.05, 0.1) is 0 Å². The molecule has 2 heterocycles. The SMILES string of the molecule is C=CC=O.O=CC1=CCCSC1.O=CC1CCCSC1. The maximum atomic E-state index is 10.1. The van der Waals surface area contributed by atoms with E-state index in [1.807, 2.05) is 29.6 Å². The summed E-state index contributed by atoms with van der Waals surface area (Å²) < 4.78 is 0. The summed E-state index contributed by atoms with van der Waals surface area (Å²) in [5.74, 6) is 4.78. The molecule has 1 fully saturated rings. The van der Waals surface area contributed by atoms with Gasteiger partial charge in [-0.15, -0.1) is 0 Å². The lowest BCUT2D eigenvalue weighted by molar-refractivity contribution is -0.110. The lowest BCUT2D eigenvalue weighted by Crippen LogP contribution is -2.10. The van der Waals surface area contributed by atoms with Crippen molar-refractivity contribution in [1.82, 2.24) is 0 Å². The molecule has 2 rings (SSSR count). The summed E-state index contributed by atoms with van der Waals surface area (Å²) in [4.78, 5) is 29.3. The van der Waals surface area contributed by atoms with E-state index in [1.165, 1.54) is 24.0 Å². The van der Waals surface area contributed by atoms with Crippen LogP contribution in [-0.4, -0.2) is 41.9 Å². The molecule has 0 amide bonds. The summed E-state index contributed by atoms with van der Waals surface area (Å²) in [6.45, 7) is 3.11. The molecule has 112 valence electrons. The third kappa shape index (κ3) is 11.1. The smallest absolute Gasteiger partial charge is 0.146 e. The summed E-state index contributed by atoms with van der Waals surface area (Å²) in [6, 6.07) is 0. The van der Waals surface area contributed by atoms with Gasteiger partial charge in [0, 0.05) is 17.4 Å². The Kier molecular flexibility index (Phi) is 14.0. The van der Waals surface area contributed by atoms with Crippen LogP contribution in [-0.2, 0) is 14.4 Å². The van der Waals surface area contributed by atoms with Crippen LogP contribution >= 0.6 is 23.5 Å². The first-order valence-corrected chi connectivity index (χ1v) is 8.90. The Bertz CT molecular complexity index is 315. The normalized spacial score (nSPS) is 20.8. The molecule has 2 aliphatic heterocycles. The highest BCUT2D eigenvalue weighted by atomic mass is 32.2. The highest BCUT2D eigenvalue weighted by Gasteiger charge is 2.11. The molecule has 0 spiro atoms. The fraction of sp³-hybridized carbons (Fsp3) is 0.533. The molecule has 1 saturated heterocycles. The van der Waals surface area contributed by atoms with Crippen LogP contribution in [0.4, 0.5) is 0 Å². The number of hydrogen-bond acceptors (Lipinski definition) is 5. The van der Waals surface area contributed by atoms with E-state index in [-0.39, 0.29) is 0 Å². The standard InChI is InChI=1S/C6H10OS.C6H8OS.C3H4O/c2*7-4-6-2-1-3-8-5-6;1-2-3-4/h4,6H,1-3,5H2;2,4H,1,3,5H2;2-3H,1H2. The van der Waals surface area contributed by atoms with Gasteiger partial charge in [-0.1, -0.05) is 12.7 Å². The van der Waals surface area contributed by atoms with Crippen molar-refractivity contribution in [3.05, 3.63) is 24.3 Å². The topological polar surface area (TPSA) is 51.2 Å². The van der Waals surface area contributed by atoms with Gasteiger partial charge in [-0.25, -0.2) is 0 Å². The fourth-order valence-corrected chi connectivity index (χ4v) is 3.47. The molecule has 0 N–H and O–H groups in total. The molecule has 1 atom stereocenters. The zero-order valence-corrected chi connectivity index (χ0v) is 13.3. The number of carbonyl (C=O) groups is 3. The van der Waals surface area contributed by atoms with E-state index in [0.29, 0.717) is 12.2 Å². The van der Waals surface area contributed by atoms with E-state index in [4.69, 9.17) is 4.79 Å². The Morgan fingerprint density at radius 2 is 1.95 bits per heavy atom. The van der Waals surface area contributed by atoms with Gasteiger partial charge in [0.2, 0.25) is 0 Å². The molecule has 2 aliphatic rings. The maximum absolute atomic E-state index is 10.1. The van der Waals surface area contributed by atoms with Crippen LogP contribution < -0.4 is 0 Å². The zero-order valence-electron chi connectivity index (χ0n) is 11.7. The lowest BCUT2D eigenvalue weighted by atomic mass is 10.1. The maximum Gasteiger partial charge on any atom is 0.146 e. The first kappa shape index (κ1) is 19.2. The summed E-state index contributed by atoms with van der Waals surface area (Å²) in [6.07, 6.45) is 9.31. The van der Waals surface area contributed by atoms with E-state index >= 15 is 0 Å². The Morgan fingerprint density at radius 1 is 1.20 bits per heavy atom. The highest BCUT2D eigenvalue weighted by Crippen LogP contribution is 2.20. The minimum atomic E-state index is 0.369. The Labute approximate surface area is 129 Å². The second kappa shape index (κ2) is 14.6. The van der Waals surface area contributed by atoms with Gasteiger partial charge in [-0.05, 0) is 42.4 Å². The Balaban J connectivity index is 0.000000289. The van der Waals surface area contributed by atoms with Gasteiger partial charge < -0.3 is 4.79 Å². The van der Waals surface area contributed by atoms with Crippen molar-refractivity contribution in [2.45, 2.75) is 19.3 Å². The van der Waals surface area contributed by atoms with E-state index in [9.17, 15) is 9.59 Å². The largest absolute Gasteiger partial charge is 0.303 e. The quantitative estimate of drug-likeness (QED) is 0.592. The van der Waals surface area contributed by atoms with Gasteiger partial charge in [0.25, 0.3) is 0 Å². The molecule has 0 radical (unpaired) electrons. The van der Waals surface area contributed by atoms with Gasteiger partial charge in [-0.2, -0.15) is 23.5 Å². The second-order valence-corrected chi connectivity index (χ2v) is 6.48. The minimum absolute atomic E-state index is 0.369. The Hall–Kier alpha value is -0.810. The van der Waals surface area contributed by atoms with Crippen molar-refractivity contribution in [2.24, 2.45) is 5.92 Å². The van der Waals surface area contributed by atoms with Crippen LogP contribution in [0.3, 0.4) is 0 Å². The van der Waals surface area contributed by atoms with Crippen molar-refractivity contribution in [1.29, 1.82) is 0 Å². The summed E-state index contributed by atoms with van der Waals surface area (Å²) in [5, 5.41) is 0. The van der Waals surface area contributed by atoms with Crippen molar-refractivity contribution < 1.29 is 14.4 Å². The van der Waals surface area contributed by atoms with Crippen molar-refractivity contribution in [3.8, 4) is 0 Å². The molecule has 0 aromatic rings. The third-order valence-electron chi connectivity index (χ3n) is 2.57. The predicted octanol–water partition coefficient (Wildman–Crippen LogP) is 2.95. The van der Waals surface area contributed by atoms with Crippen LogP contribution in [0.1, 0.15) is 19.3 Å². The number of thioether (sulfide) groups is 2. The molecule has 0 aromatic carbocycles. The van der Waals surface area contributed by atoms with E-state index < -0.39 is 0 Å². The van der Waals surface area contributed by atoms with E-state index in [1.54, 1.807) is 0 Å². The molecule has 1 unspecified atom stereocenters. The lowest BCUT2D eigenvalue weighted by Gasteiger charge is -2.14. The number of carbonyl (C=O) groups excluding carboxylic acids is 3. The average Bonchev–Trinajstić information content (AvgIpc) is 2.57. The molecule has 20 heavy (non-hydrogen) atoms. The molecule has 0 aliphatic carbocycles. The van der Waals surface area contributed by atoms with Gasteiger partial charge in [0.1, 0.15) is 18.9 Å².